The molecule has 1 amide bonds. The van der Waals surface area contributed by atoms with Gasteiger partial charge in [0.25, 0.3) is 0 Å². The molecule has 1 fully saturated rings. The van der Waals surface area contributed by atoms with Crippen LogP contribution < -0.4 is 9.64 Å². The normalized spacial score (nSPS) is 18.5. The van der Waals surface area contributed by atoms with Crippen molar-refractivity contribution in [3.05, 3.63) is 96.1 Å². The lowest BCUT2D eigenvalue weighted by Crippen LogP contribution is -2.51. The van der Waals surface area contributed by atoms with E-state index in [0.717, 1.165) is 50.7 Å². The number of piperazine rings is 1. The van der Waals surface area contributed by atoms with Crippen molar-refractivity contribution in [2.24, 2.45) is 0 Å². The van der Waals surface area contributed by atoms with Crippen LogP contribution in [0.25, 0.3) is 0 Å². The third-order valence-electron chi connectivity index (χ3n) is 6.63. The van der Waals surface area contributed by atoms with Crippen molar-refractivity contribution in [2.75, 3.05) is 37.7 Å². The van der Waals surface area contributed by atoms with E-state index < -0.39 is 0 Å². The fourth-order valence-electron chi connectivity index (χ4n) is 4.78. The van der Waals surface area contributed by atoms with Gasteiger partial charge in [0.1, 0.15) is 12.4 Å². The summed E-state index contributed by atoms with van der Waals surface area (Å²) in [6.07, 6.45) is 0.472. The van der Waals surface area contributed by atoms with Crippen LogP contribution >= 0.6 is 0 Å². The van der Waals surface area contributed by atoms with Crippen LogP contribution in [0.15, 0.2) is 84.9 Å². The van der Waals surface area contributed by atoms with E-state index >= 15 is 0 Å². The molecule has 2 aliphatic heterocycles. The van der Waals surface area contributed by atoms with Crippen LogP contribution in [0.1, 0.15) is 17.5 Å². The highest BCUT2D eigenvalue weighted by molar-refractivity contribution is 5.78. The summed E-state index contributed by atoms with van der Waals surface area (Å²) in [6.45, 7) is 5.65. The van der Waals surface area contributed by atoms with Crippen molar-refractivity contribution in [1.82, 2.24) is 9.80 Å². The molecule has 0 radical (unpaired) electrons. The highest BCUT2D eigenvalue weighted by Crippen LogP contribution is 2.35. The van der Waals surface area contributed by atoms with E-state index in [-0.39, 0.29) is 11.9 Å². The molecule has 3 aromatic rings. The zero-order valence-corrected chi connectivity index (χ0v) is 19.0. The number of ether oxygens (including phenoxy) is 1. The molecule has 33 heavy (non-hydrogen) atoms. The first-order valence-corrected chi connectivity index (χ1v) is 11.8. The molecule has 5 nitrogen and oxygen atoms in total. The van der Waals surface area contributed by atoms with Gasteiger partial charge in [0.2, 0.25) is 5.91 Å². The number of fused-ring (bicyclic) bond motifs is 1. The first-order valence-electron chi connectivity index (χ1n) is 11.8. The predicted octanol–water partition coefficient (Wildman–Crippen LogP) is 4.19. The number of rotatable bonds is 6. The number of benzene rings is 3. The van der Waals surface area contributed by atoms with Crippen LogP contribution in [0.4, 0.5) is 5.69 Å². The Balaban J connectivity index is 1.22. The Labute approximate surface area is 196 Å². The third kappa shape index (κ3) is 5.20. The Hall–Kier alpha value is -3.31. The summed E-state index contributed by atoms with van der Waals surface area (Å²) in [7, 11) is 0. The van der Waals surface area contributed by atoms with Crippen LogP contribution in [0.5, 0.6) is 5.75 Å². The molecule has 5 heteroatoms. The van der Waals surface area contributed by atoms with E-state index in [2.05, 4.69) is 70.5 Å². The smallest absolute Gasteiger partial charge is 0.224 e. The second-order valence-corrected chi connectivity index (χ2v) is 8.89. The third-order valence-corrected chi connectivity index (χ3v) is 6.63. The van der Waals surface area contributed by atoms with Crippen LogP contribution in [-0.4, -0.2) is 54.5 Å². The molecule has 0 aromatic heterocycles. The lowest BCUT2D eigenvalue weighted by Gasteiger charge is -2.40. The number of hydrogen-bond acceptors (Lipinski definition) is 4. The van der Waals surface area contributed by atoms with E-state index in [4.69, 9.17) is 4.74 Å². The second-order valence-electron chi connectivity index (χ2n) is 8.89. The van der Waals surface area contributed by atoms with Crippen molar-refractivity contribution in [1.29, 1.82) is 0 Å². The maximum absolute atomic E-state index is 13.3. The van der Waals surface area contributed by atoms with Gasteiger partial charge in [-0.1, -0.05) is 72.8 Å². The van der Waals surface area contributed by atoms with Gasteiger partial charge in [-0.15, -0.1) is 0 Å². The minimum Gasteiger partial charge on any atom is -0.489 e. The first kappa shape index (κ1) is 21.5. The Morgan fingerprint density at radius 3 is 2.06 bits per heavy atom. The molecule has 0 unspecified atom stereocenters. The Bertz CT molecular complexity index is 1050. The molecule has 1 saturated heterocycles. The largest absolute Gasteiger partial charge is 0.489 e. The lowest BCUT2D eigenvalue weighted by molar-refractivity contribution is -0.133. The van der Waals surface area contributed by atoms with Crippen LogP contribution in [0, 0.1) is 0 Å². The zero-order valence-electron chi connectivity index (χ0n) is 19.0. The van der Waals surface area contributed by atoms with Gasteiger partial charge in [0, 0.05) is 39.3 Å². The molecular weight excluding hydrogens is 410 g/mol. The maximum Gasteiger partial charge on any atom is 0.224 e. The summed E-state index contributed by atoms with van der Waals surface area (Å²) < 4.78 is 6.06. The van der Waals surface area contributed by atoms with Crippen LogP contribution in [0.3, 0.4) is 0 Å². The van der Waals surface area contributed by atoms with Gasteiger partial charge in [-0.3, -0.25) is 9.69 Å². The SMILES string of the molecule is O=C(C[C@@H]1COc2ccccc2N1Cc1ccccc1)N1CCN(Cc2ccccc2)CC1. The predicted molar refractivity (Wildman–Crippen MR) is 131 cm³/mol. The van der Waals surface area contributed by atoms with Gasteiger partial charge in [-0.05, 0) is 23.3 Å². The fourth-order valence-corrected chi connectivity index (χ4v) is 4.78. The molecule has 1 atom stereocenters. The van der Waals surface area contributed by atoms with E-state index in [9.17, 15) is 4.79 Å². The maximum atomic E-state index is 13.3. The number of anilines is 1. The van der Waals surface area contributed by atoms with E-state index in [1.54, 1.807) is 0 Å². The van der Waals surface area contributed by atoms with Gasteiger partial charge in [0.15, 0.2) is 0 Å². The van der Waals surface area contributed by atoms with Crippen molar-refractivity contribution in [3.63, 3.8) is 0 Å². The molecule has 0 aliphatic carbocycles. The molecule has 0 saturated carbocycles. The zero-order chi connectivity index (χ0) is 22.5. The number of amides is 1. The summed E-state index contributed by atoms with van der Waals surface area (Å²) in [5.74, 6) is 1.12. The molecule has 2 aliphatic rings. The number of carbonyl (C=O) groups excluding carboxylic acids is 1. The van der Waals surface area contributed by atoms with Gasteiger partial charge >= 0.3 is 0 Å². The molecule has 3 aromatic carbocycles. The first-order chi connectivity index (χ1) is 16.3. The quantitative estimate of drug-likeness (QED) is 0.575. The molecule has 0 spiro atoms. The lowest BCUT2D eigenvalue weighted by atomic mass is 10.1. The minimum atomic E-state index is 0.0231. The number of nitrogens with zero attached hydrogens (tertiary/aromatic N) is 3. The topological polar surface area (TPSA) is 36.0 Å². The van der Waals surface area contributed by atoms with E-state index in [1.165, 1.54) is 11.1 Å². The van der Waals surface area contributed by atoms with Crippen molar-refractivity contribution in [3.8, 4) is 5.75 Å². The van der Waals surface area contributed by atoms with Gasteiger partial charge in [-0.25, -0.2) is 0 Å². The van der Waals surface area contributed by atoms with Gasteiger partial charge in [0.05, 0.1) is 18.2 Å². The average molecular weight is 442 g/mol. The second kappa shape index (κ2) is 10.1. The highest BCUT2D eigenvalue weighted by Gasteiger charge is 2.31. The Kier molecular flexibility index (Phi) is 6.58. The Morgan fingerprint density at radius 1 is 0.758 bits per heavy atom. The number of para-hydroxylation sites is 2. The standard InChI is InChI=1S/C28H31N3O2/c32-28(30-17-15-29(16-18-30)20-23-9-3-1-4-10-23)19-25-22-33-27-14-8-7-13-26(27)31(25)21-24-11-5-2-6-12-24/h1-14,25H,15-22H2/t25-/m1/s1. The van der Waals surface area contributed by atoms with Crippen molar-refractivity contribution in [2.45, 2.75) is 25.6 Å². The summed E-state index contributed by atoms with van der Waals surface area (Å²) >= 11 is 0. The minimum absolute atomic E-state index is 0.0231. The van der Waals surface area contributed by atoms with Crippen molar-refractivity contribution < 1.29 is 9.53 Å². The van der Waals surface area contributed by atoms with Crippen LogP contribution in [-0.2, 0) is 17.9 Å². The molecule has 0 N–H and O–H groups in total. The number of hydrogen-bond donors (Lipinski definition) is 0. The van der Waals surface area contributed by atoms with Gasteiger partial charge in [-0.2, -0.15) is 0 Å². The number of carbonyl (C=O) groups is 1. The molecule has 170 valence electrons. The highest BCUT2D eigenvalue weighted by atomic mass is 16.5. The molecule has 2 heterocycles. The molecule has 0 bridgehead atoms. The average Bonchev–Trinajstić information content (AvgIpc) is 2.87. The van der Waals surface area contributed by atoms with E-state index in [1.807, 2.05) is 29.2 Å². The van der Waals surface area contributed by atoms with Crippen LogP contribution in [0.2, 0.25) is 0 Å². The summed E-state index contributed by atoms with van der Waals surface area (Å²) in [4.78, 5) is 20.1. The summed E-state index contributed by atoms with van der Waals surface area (Å²) in [6, 6.07) is 29.2. The molecule has 5 rings (SSSR count). The van der Waals surface area contributed by atoms with E-state index in [0.29, 0.717) is 13.0 Å². The molecular formula is C28H31N3O2. The summed E-state index contributed by atoms with van der Waals surface area (Å²) in [5.41, 5.74) is 3.63. The summed E-state index contributed by atoms with van der Waals surface area (Å²) in [5, 5.41) is 0. The van der Waals surface area contributed by atoms with Gasteiger partial charge < -0.3 is 14.5 Å². The Morgan fingerprint density at radius 2 is 1.36 bits per heavy atom. The van der Waals surface area contributed by atoms with Crippen molar-refractivity contribution >= 4 is 11.6 Å². The monoisotopic (exact) mass is 441 g/mol. The fraction of sp³-hybridized carbons (Fsp3) is 0.321.